The maximum Gasteiger partial charge on any atom is 0.180 e. The Morgan fingerprint density at radius 1 is 1.43 bits per heavy atom. The summed E-state index contributed by atoms with van der Waals surface area (Å²) in [7, 11) is 0. The molecule has 1 aliphatic carbocycles. The minimum Gasteiger partial charge on any atom is -0.293 e. The summed E-state index contributed by atoms with van der Waals surface area (Å²) in [5.74, 6) is -0.0494. The van der Waals surface area contributed by atoms with Crippen LogP contribution in [0.5, 0.6) is 0 Å². The summed E-state index contributed by atoms with van der Waals surface area (Å²) in [5, 5.41) is 0.702. The minimum absolute atomic E-state index is 0.0494. The Morgan fingerprint density at radius 2 is 2.00 bits per heavy atom. The Labute approximate surface area is 50.9 Å². The molecule has 0 saturated heterocycles. The number of halogens is 2. The second-order valence-electron chi connectivity index (χ2n) is 1.32. The molecule has 0 heterocycles. The monoisotopic (exact) mass is 136 g/mol. The standard InChI is InChI=1S/C4H2Cl2O/c5-2-1-3(7)4(2)6/h1H2. The van der Waals surface area contributed by atoms with Gasteiger partial charge in [-0.15, -0.1) is 0 Å². The lowest BCUT2D eigenvalue weighted by Crippen LogP contribution is -2.09. The Morgan fingerprint density at radius 3 is 2.00 bits per heavy atom. The van der Waals surface area contributed by atoms with Crippen molar-refractivity contribution < 1.29 is 4.79 Å². The van der Waals surface area contributed by atoms with E-state index in [0.29, 0.717) is 11.5 Å². The minimum atomic E-state index is -0.0494. The molecule has 0 aliphatic heterocycles. The van der Waals surface area contributed by atoms with Gasteiger partial charge in [0.2, 0.25) is 0 Å². The highest BCUT2D eigenvalue weighted by atomic mass is 35.5. The molecule has 38 valence electrons. The van der Waals surface area contributed by atoms with Crippen molar-refractivity contribution in [2.45, 2.75) is 6.42 Å². The van der Waals surface area contributed by atoms with Crippen LogP contribution in [-0.2, 0) is 4.79 Å². The Kier molecular flexibility index (Phi) is 1.10. The molecular weight excluding hydrogens is 135 g/mol. The Hall–Kier alpha value is -0.0100. The predicted molar refractivity (Wildman–Crippen MR) is 28.4 cm³/mol. The normalized spacial score (nSPS) is 20.0. The third kappa shape index (κ3) is 0.663. The highest BCUT2D eigenvalue weighted by Gasteiger charge is 2.22. The summed E-state index contributed by atoms with van der Waals surface area (Å²) in [6.07, 6.45) is 0.334. The van der Waals surface area contributed by atoms with Crippen molar-refractivity contribution in [1.82, 2.24) is 0 Å². The van der Waals surface area contributed by atoms with Gasteiger partial charge >= 0.3 is 0 Å². The maximum absolute atomic E-state index is 10.2. The van der Waals surface area contributed by atoms with Crippen molar-refractivity contribution in [3.05, 3.63) is 10.1 Å². The summed E-state index contributed by atoms with van der Waals surface area (Å²) < 4.78 is 0. The largest absolute Gasteiger partial charge is 0.293 e. The van der Waals surface area contributed by atoms with E-state index in [-0.39, 0.29) is 10.8 Å². The van der Waals surface area contributed by atoms with Crippen molar-refractivity contribution >= 4 is 29.0 Å². The quantitative estimate of drug-likeness (QED) is 0.496. The van der Waals surface area contributed by atoms with Gasteiger partial charge < -0.3 is 0 Å². The summed E-state index contributed by atoms with van der Waals surface area (Å²) >= 11 is 10.6. The van der Waals surface area contributed by atoms with E-state index in [4.69, 9.17) is 23.2 Å². The lowest BCUT2D eigenvalue weighted by atomic mass is 10.1. The molecule has 1 aliphatic rings. The second kappa shape index (κ2) is 1.49. The molecule has 3 heteroatoms. The second-order valence-corrected chi connectivity index (χ2v) is 2.15. The molecule has 0 fully saturated rings. The highest BCUT2D eigenvalue weighted by molar-refractivity contribution is 6.53. The summed E-state index contributed by atoms with van der Waals surface area (Å²) in [6, 6.07) is 0. The molecule has 0 amide bonds. The number of carbonyl (C=O) groups excluding carboxylic acids is 1. The van der Waals surface area contributed by atoms with Crippen LogP contribution in [-0.4, -0.2) is 5.78 Å². The molecule has 0 saturated carbocycles. The van der Waals surface area contributed by atoms with E-state index in [1.807, 2.05) is 0 Å². The topological polar surface area (TPSA) is 17.1 Å². The predicted octanol–water partition coefficient (Wildman–Crippen LogP) is 1.65. The van der Waals surface area contributed by atoms with Crippen molar-refractivity contribution in [3.8, 4) is 0 Å². The van der Waals surface area contributed by atoms with Crippen LogP contribution in [0.4, 0.5) is 0 Å². The van der Waals surface area contributed by atoms with Gasteiger partial charge in [0, 0.05) is 11.5 Å². The van der Waals surface area contributed by atoms with E-state index in [2.05, 4.69) is 0 Å². The van der Waals surface area contributed by atoms with Crippen molar-refractivity contribution in [2.24, 2.45) is 0 Å². The van der Waals surface area contributed by atoms with Crippen LogP contribution in [0.3, 0.4) is 0 Å². The first-order valence-corrected chi connectivity index (χ1v) is 2.55. The van der Waals surface area contributed by atoms with E-state index in [9.17, 15) is 4.79 Å². The number of ketones is 1. The smallest absolute Gasteiger partial charge is 0.180 e. The van der Waals surface area contributed by atoms with Crippen LogP contribution in [0, 0.1) is 0 Å². The average Bonchev–Trinajstić information content (AvgIpc) is 1.68. The molecular formula is C4H2Cl2O. The zero-order valence-electron chi connectivity index (χ0n) is 3.37. The molecule has 0 radical (unpaired) electrons. The van der Waals surface area contributed by atoms with Crippen molar-refractivity contribution in [1.29, 1.82) is 0 Å². The molecule has 0 atom stereocenters. The van der Waals surface area contributed by atoms with E-state index in [0.717, 1.165) is 0 Å². The van der Waals surface area contributed by atoms with Crippen LogP contribution in [0.1, 0.15) is 6.42 Å². The van der Waals surface area contributed by atoms with E-state index in [1.54, 1.807) is 0 Å². The number of carbonyl (C=O) groups is 1. The zero-order chi connectivity index (χ0) is 5.44. The molecule has 0 unspecified atom stereocenters. The van der Waals surface area contributed by atoms with Crippen molar-refractivity contribution in [2.75, 3.05) is 0 Å². The van der Waals surface area contributed by atoms with E-state index < -0.39 is 0 Å². The van der Waals surface area contributed by atoms with Gasteiger partial charge in [0.1, 0.15) is 0 Å². The summed E-state index contributed by atoms with van der Waals surface area (Å²) in [5.41, 5.74) is 0. The molecule has 1 rings (SSSR count). The van der Waals surface area contributed by atoms with Crippen LogP contribution >= 0.6 is 23.2 Å². The number of allylic oxidation sites excluding steroid dienone is 2. The number of rotatable bonds is 0. The van der Waals surface area contributed by atoms with E-state index >= 15 is 0 Å². The fraction of sp³-hybridized carbons (Fsp3) is 0.250. The lowest BCUT2D eigenvalue weighted by molar-refractivity contribution is -0.115. The molecule has 7 heavy (non-hydrogen) atoms. The fourth-order valence-corrected chi connectivity index (χ4v) is 0.701. The Balaban J connectivity index is 2.85. The van der Waals surface area contributed by atoms with Gasteiger partial charge in [0.05, 0.1) is 5.03 Å². The van der Waals surface area contributed by atoms with Crippen LogP contribution in [0.15, 0.2) is 10.1 Å². The summed E-state index contributed by atoms with van der Waals surface area (Å²) in [6.45, 7) is 0. The molecule has 0 bridgehead atoms. The van der Waals surface area contributed by atoms with Crippen LogP contribution in [0.25, 0.3) is 0 Å². The first kappa shape index (κ1) is 5.13. The van der Waals surface area contributed by atoms with Gasteiger partial charge in [-0.2, -0.15) is 0 Å². The molecule has 0 aromatic rings. The zero-order valence-corrected chi connectivity index (χ0v) is 4.88. The van der Waals surface area contributed by atoms with E-state index in [1.165, 1.54) is 0 Å². The maximum atomic E-state index is 10.2. The molecule has 0 N–H and O–H groups in total. The van der Waals surface area contributed by atoms with Crippen LogP contribution in [0.2, 0.25) is 0 Å². The fourth-order valence-electron chi connectivity index (χ4n) is 0.341. The SMILES string of the molecule is O=C1CC(Cl)=C1Cl. The number of hydrogen-bond acceptors (Lipinski definition) is 1. The molecule has 0 spiro atoms. The van der Waals surface area contributed by atoms with Gasteiger partial charge in [-0.25, -0.2) is 0 Å². The van der Waals surface area contributed by atoms with Gasteiger partial charge in [0.15, 0.2) is 5.78 Å². The summed E-state index contributed by atoms with van der Waals surface area (Å²) in [4.78, 5) is 10.2. The first-order valence-electron chi connectivity index (χ1n) is 1.79. The molecule has 0 aromatic carbocycles. The third-order valence-electron chi connectivity index (χ3n) is 0.799. The molecule has 1 nitrogen and oxygen atoms in total. The molecule has 0 aromatic heterocycles. The highest BCUT2D eigenvalue weighted by Crippen LogP contribution is 2.29. The van der Waals surface area contributed by atoms with Gasteiger partial charge in [-0.05, 0) is 0 Å². The van der Waals surface area contributed by atoms with Gasteiger partial charge in [-0.1, -0.05) is 23.2 Å². The Bertz CT molecular complexity index is 148. The number of hydrogen-bond donors (Lipinski definition) is 0. The number of Topliss-reactive ketones (excluding diaryl/α,β-unsaturated/α-hetero) is 1. The van der Waals surface area contributed by atoms with Crippen molar-refractivity contribution in [3.63, 3.8) is 0 Å². The third-order valence-corrected chi connectivity index (χ3v) is 1.66. The lowest BCUT2D eigenvalue weighted by Gasteiger charge is -2.08. The average molecular weight is 137 g/mol. The van der Waals surface area contributed by atoms with Gasteiger partial charge in [0.25, 0.3) is 0 Å². The van der Waals surface area contributed by atoms with Gasteiger partial charge in [-0.3, -0.25) is 4.79 Å². The van der Waals surface area contributed by atoms with Crippen LogP contribution < -0.4 is 0 Å². The first-order chi connectivity index (χ1) is 3.22.